The summed E-state index contributed by atoms with van der Waals surface area (Å²) in [5.74, 6) is 1.32. The lowest BCUT2D eigenvalue weighted by molar-refractivity contribution is 1.04. The van der Waals surface area contributed by atoms with Crippen molar-refractivity contribution in [3.05, 3.63) is 170 Å². The fraction of sp³-hybridized carbons (Fsp3) is 0. The Labute approximate surface area is 272 Å². The molecule has 0 radical (unpaired) electrons. The molecule has 4 heteroatoms. The molecular formula is C43H28N4. The number of imidazole rings is 1. The number of nitrogens with zero attached hydrogens (tertiary/aromatic N) is 4. The van der Waals surface area contributed by atoms with E-state index in [0.717, 1.165) is 33.7 Å². The minimum atomic E-state index is 0.595. The maximum atomic E-state index is 4.91. The summed E-state index contributed by atoms with van der Waals surface area (Å²) in [5.41, 5.74) is 10.2. The summed E-state index contributed by atoms with van der Waals surface area (Å²) >= 11 is 0. The van der Waals surface area contributed by atoms with Crippen molar-refractivity contribution in [2.24, 2.45) is 0 Å². The number of aromatic nitrogens is 4. The molecule has 0 aliphatic rings. The van der Waals surface area contributed by atoms with Crippen LogP contribution in [0.3, 0.4) is 0 Å². The van der Waals surface area contributed by atoms with Crippen molar-refractivity contribution in [3.8, 4) is 50.7 Å². The summed E-state index contributed by atoms with van der Waals surface area (Å²) in [6.45, 7) is 0. The van der Waals surface area contributed by atoms with E-state index in [2.05, 4.69) is 148 Å². The molecule has 2 aromatic heterocycles. The molecule has 4 nitrogen and oxygen atoms in total. The lowest BCUT2D eigenvalue weighted by atomic mass is 9.85. The molecule has 0 aliphatic carbocycles. The second-order valence-corrected chi connectivity index (χ2v) is 11.7. The number of rotatable bonds is 5. The quantitative estimate of drug-likeness (QED) is 0.185. The molecule has 0 fully saturated rings. The topological polar surface area (TPSA) is 43.6 Å². The average molecular weight is 601 g/mol. The zero-order valence-corrected chi connectivity index (χ0v) is 25.5. The smallest absolute Gasteiger partial charge is 0.196 e. The van der Waals surface area contributed by atoms with Crippen molar-refractivity contribution < 1.29 is 0 Å². The zero-order valence-electron chi connectivity index (χ0n) is 25.5. The Balaban J connectivity index is 1.24. The molecule has 47 heavy (non-hydrogen) atoms. The first-order valence-corrected chi connectivity index (χ1v) is 15.8. The van der Waals surface area contributed by atoms with Gasteiger partial charge in [-0.05, 0) is 91.3 Å². The molecule has 7 aromatic carbocycles. The van der Waals surface area contributed by atoms with Crippen LogP contribution in [0.4, 0.5) is 0 Å². The van der Waals surface area contributed by atoms with Gasteiger partial charge in [0, 0.05) is 18.1 Å². The van der Waals surface area contributed by atoms with Crippen LogP contribution in [0.1, 0.15) is 0 Å². The third-order valence-electron chi connectivity index (χ3n) is 8.93. The zero-order chi connectivity index (χ0) is 31.2. The molecule has 9 rings (SSSR count). The molecule has 220 valence electrons. The highest BCUT2D eigenvalue weighted by Gasteiger charge is 2.18. The maximum absolute atomic E-state index is 4.91. The standard InChI is InChI=1S/C43H28N4/c1-3-12-30(13-4-1)40-34-16-7-8-17-35(34)41(31-14-5-2-6-15-31)37-28-32(22-25-36(37)40)29-20-23-33(24-21-29)47-39-19-10-9-18-38(39)46-43(47)42-44-26-11-27-45-42/h1-28H. The van der Waals surface area contributed by atoms with Crippen LogP contribution in [-0.4, -0.2) is 19.5 Å². The molecule has 0 atom stereocenters. The van der Waals surface area contributed by atoms with Crippen molar-refractivity contribution >= 4 is 32.6 Å². The Morgan fingerprint density at radius 3 is 1.64 bits per heavy atom. The molecule has 0 N–H and O–H groups in total. The Kier molecular flexibility index (Phi) is 6.43. The normalized spacial score (nSPS) is 11.4. The van der Waals surface area contributed by atoms with Crippen molar-refractivity contribution in [1.29, 1.82) is 0 Å². The third-order valence-corrected chi connectivity index (χ3v) is 8.93. The first kappa shape index (κ1) is 27.0. The average Bonchev–Trinajstić information content (AvgIpc) is 3.54. The van der Waals surface area contributed by atoms with Gasteiger partial charge in [-0.15, -0.1) is 0 Å². The van der Waals surface area contributed by atoms with E-state index in [0.29, 0.717) is 5.82 Å². The van der Waals surface area contributed by atoms with E-state index in [9.17, 15) is 0 Å². The van der Waals surface area contributed by atoms with Crippen LogP contribution in [0, 0.1) is 0 Å². The van der Waals surface area contributed by atoms with Crippen molar-refractivity contribution in [2.45, 2.75) is 0 Å². The Bertz CT molecular complexity index is 2540. The van der Waals surface area contributed by atoms with Crippen molar-refractivity contribution in [1.82, 2.24) is 19.5 Å². The molecule has 0 saturated carbocycles. The summed E-state index contributed by atoms with van der Waals surface area (Å²) in [7, 11) is 0. The maximum Gasteiger partial charge on any atom is 0.196 e. The molecular weight excluding hydrogens is 573 g/mol. The van der Waals surface area contributed by atoms with Crippen LogP contribution in [-0.2, 0) is 0 Å². The van der Waals surface area contributed by atoms with Gasteiger partial charge in [0.05, 0.1) is 11.0 Å². The molecule has 0 amide bonds. The SMILES string of the molecule is c1ccc(-c2c3ccccc3c(-c3ccccc3)c3cc(-c4ccc(-n5c(-c6ncccn6)nc6ccccc65)cc4)ccc23)cc1. The van der Waals surface area contributed by atoms with Gasteiger partial charge < -0.3 is 0 Å². The van der Waals surface area contributed by atoms with Gasteiger partial charge in [0.25, 0.3) is 0 Å². The van der Waals surface area contributed by atoms with E-state index in [4.69, 9.17) is 4.98 Å². The van der Waals surface area contributed by atoms with Gasteiger partial charge in [0.15, 0.2) is 11.6 Å². The van der Waals surface area contributed by atoms with E-state index in [1.54, 1.807) is 12.4 Å². The molecule has 0 saturated heterocycles. The van der Waals surface area contributed by atoms with E-state index in [1.807, 2.05) is 24.3 Å². The van der Waals surface area contributed by atoms with Crippen LogP contribution in [0.2, 0.25) is 0 Å². The van der Waals surface area contributed by atoms with E-state index in [-0.39, 0.29) is 0 Å². The summed E-state index contributed by atoms with van der Waals surface area (Å²) in [4.78, 5) is 13.9. The molecule has 2 heterocycles. The number of hydrogen-bond acceptors (Lipinski definition) is 3. The van der Waals surface area contributed by atoms with Gasteiger partial charge in [-0.2, -0.15) is 0 Å². The molecule has 0 bridgehead atoms. The lowest BCUT2D eigenvalue weighted by Gasteiger charge is -2.19. The fourth-order valence-electron chi connectivity index (χ4n) is 6.84. The number of benzene rings is 7. The highest BCUT2D eigenvalue weighted by Crippen LogP contribution is 2.44. The highest BCUT2D eigenvalue weighted by molar-refractivity contribution is 6.21. The van der Waals surface area contributed by atoms with Crippen LogP contribution < -0.4 is 0 Å². The monoisotopic (exact) mass is 600 g/mol. The van der Waals surface area contributed by atoms with Gasteiger partial charge in [-0.3, -0.25) is 4.57 Å². The van der Waals surface area contributed by atoms with Crippen LogP contribution in [0.15, 0.2) is 170 Å². The summed E-state index contributed by atoms with van der Waals surface area (Å²) in [6, 6.07) is 55.9. The predicted octanol–water partition coefficient (Wildman–Crippen LogP) is 10.8. The third kappa shape index (κ3) is 4.58. The molecule has 0 aliphatic heterocycles. The highest BCUT2D eigenvalue weighted by atomic mass is 15.1. The van der Waals surface area contributed by atoms with Gasteiger partial charge in [0.2, 0.25) is 0 Å². The minimum absolute atomic E-state index is 0.595. The lowest BCUT2D eigenvalue weighted by Crippen LogP contribution is -2.00. The van der Waals surface area contributed by atoms with E-state index >= 15 is 0 Å². The van der Waals surface area contributed by atoms with Crippen LogP contribution in [0.25, 0.3) is 83.3 Å². The number of hydrogen-bond donors (Lipinski definition) is 0. The Morgan fingerprint density at radius 2 is 0.957 bits per heavy atom. The second kappa shape index (κ2) is 11.2. The molecule has 0 unspecified atom stereocenters. The molecule has 0 spiro atoms. The first-order valence-electron chi connectivity index (χ1n) is 15.8. The first-order chi connectivity index (χ1) is 23.3. The second-order valence-electron chi connectivity index (χ2n) is 11.7. The summed E-state index contributed by atoms with van der Waals surface area (Å²) in [5, 5.41) is 4.99. The van der Waals surface area contributed by atoms with E-state index in [1.165, 1.54) is 43.8 Å². The minimum Gasteiger partial charge on any atom is -0.290 e. The van der Waals surface area contributed by atoms with Crippen molar-refractivity contribution in [2.75, 3.05) is 0 Å². The summed E-state index contributed by atoms with van der Waals surface area (Å²) in [6.07, 6.45) is 3.51. The van der Waals surface area contributed by atoms with Gasteiger partial charge >= 0.3 is 0 Å². The van der Waals surface area contributed by atoms with Crippen molar-refractivity contribution in [3.63, 3.8) is 0 Å². The Hall–Kier alpha value is -6.39. The van der Waals surface area contributed by atoms with E-state index < -0.39 is 0 Å². The number of fused-ring (bicyclic) bond motifs is 3. The van der Waals surface area contributed by atoms with Crippen LogP contribution in [0.5, 0.6) is 0 Å². The van der Waals surface area contributed by atoms with Gasteiger partial charge in [0.1, 0.15) is 0 Å². The fourth-order valence-corrected chi connectivity index (χ4v) is 6.84. The van der Waals surface area contributed by atoms with Gasteiger partial charge in [-0.1, -0.05) is 121 Å². The van der Waals surface area contributed by atoms with Crippen LogP contribution >= 0.6 is 0 Å². The Morgan fingerprint density at radius 1 is 0.404 bits per heavy atom. The summed E-state index contributed by atoms with van der Waals surface area (Å²) < 4.78 is 2.14. The van der Waals surface area contributed by atoms with Gasteiger partial charge in [-0.25, -0.2) is 15.0 Å². The molecule has 9 aromatic rings. The predicted molar refractivity (Wildman–Crippen MR) is 193 cm³/mol. The largest absolute Gasteiger partial charge is 0.290 e. The number of para-hydroxylation sites is 2.